The van der Waals surface area contributed by atoms with Crippen molar-refractivity contribution in [2.75, 3.05) is 28.2 Å². The molecule has 0 aromatic rings. The molecule has 0 spiro atoms. The van der Waals surface area contributed by atoms with Crippen molar-refractivity contribution in [2.24, 2.45) is 0 Å². The summed E-state index contributed by atoms with van der Waals surface area (Å²) in [6.45, 7) is 8.67. The van der Waals surface area contributed by atoms with Crippen LogP contribution in [0, 0.1) is 37.7 Å². The molecule has 0 saturated carbocycles. The molecule has 108 valence electrons. The Morgan fingerprint density at radius 3 is 0.625 bits per heavy atom. The standard InChI is InChI=1S/2C5H13N.3CH4.Ar/c2*1-5(2)6(3)4;;;;/h2*5H,1-4H3;3*1H4;. The molecule has 0 rings (SSSR count). The van der Waals surface area contributed by atoms with Gasteiger partial charge >= 0.3 is 0 Å². The van der Waals surface area contributed by atoms with E-state index in [0.29, 0.717) is 12.1 Å². The number of nitrogens with zero attached hydrogens (tertiary/aromatic N) is 2. The molecule has 0 amide bonds. The van der Waals surface area contributed by atoms with Crippen molar-refractivity contribution in [3.63, 3.8) is 0 Å². The molecule has 0 aromatic heterocycles. The SMILES string of the molecule is C.C.C.CC(C)N(C)C.CC(C)N(C)C.[Ar]. The van der Waals surface area contributed by atoms with Crippen molar-refractivity contribution in [1.82, 2.24) is 9.80 Å². The second kappa shape index (κ2) is 21.5. The van der Waals surface area contributed by atoms with Crippen molar-refractivity contribution in [2.45, 2.75) is 62.1 Å². The Labute approximate surface area is 137 Å². The molecule has 0 aliphatic heterocycles. The van der Waals surface area contributed by atoms with Crippen LogP contribution in [0.4, 0.5) is 0 Å². The van der Waals surface area contributed by atoms with Crippen molar-refractivity contribution >= 4 is 0 Å². The van der Waals surface area contributed by atoms with Gasteiger partial charge in [0.05, 0.1) is 0 Å². The normalized spacial score (nSPS) is 8.25. The van der Waals surface area contributed by atoms with E-state index in [4.69, 9.17) is 0 Å². The third kappa shape index (κ3) is 36.2. The third-order valence-corrected chi connectivity index (χ3v) is 2.07. The fourth-order valence-corrected chi connectivity index (χ4v) is 0. The molecule has 16 heavy (non-hydrogen) atoms. The first kappa shape index (κ1) is 36.0. The van der Waals surface area contributed by atoms with Crippen LogP contribution in [0.2, 0.25) is 0 Å². The van der Waals surface area contributed by atoms with E-state index >= 15 is 0 Å². The van der Waals surface area contributed by atoms with Gasteiger partial charge < -0.3 is 9.80 Å². The maximum Gasteiger partial charge on any atom is 0.00324 e. The predicted octanol–water partition coefficient (Wildman–Crippen LogP) is 3.82. The van der Waals surface area contributed by atoms with Crippen molar-refractivity contribution in [3.05, 3.63) is 0 Å². The molecule has 0 heterocycles. The molecule has 0 aliphatic rings. The Kier molecular flexibility index (Phi) is 48.3. The van der Waals surface area contributed by atoms with E-state index in [9.17, 15) is 0 Å². The summed E-state index contributed by atoms with van der Waals surface area (Å²) in [7, 11) is 8.30. The van der Waals surface area contributed by atoms with Gasteiger partial charge in [0, 0.05) is 49.8 Å². The van der Waals surface area contributed by atoms with Gasteiger partial charge in [0.15, 0.2) is 0 Å². The van der Waals surface area contributed by atoms with Gasteiger partial charge in [0.1, 0.15) is 0 Å². The van der Waals surface area contributed by atoms with Crippen LogP contribution in [-0.2, 0) is 0 Å². The van der Waals surface area contributed by atoms with Gasteiger partial charge in [0.25, 0.3) is 0 Å². The predicted molar refractivity (Wildman–Crippen MR) is 77.8 cm³/mol. The fourth-order valence-electron chi connectivity index (χ4n) is 0. The maximum absolute atomic E-state index is 2.17. The van der Waals surface area contributed by atoms with E-state index in [0.717, 1.165) is 0 Å². The van der Waals surface area contributed by atoms with E-state index in [1.165, 1.54) is 0 Å². The molecule has 0 N–H and O–H groups in total. The van der Waals surface area contributed by atoms with E-state index in [1.807, 2.05) is 0 Å². The Morgan fingerprint density at radius 1 is 0.562 bits per heavy atom. The molecular weight excluding hydrogens is 224 g/mol. The van der Waals surface area contributed by atoms with E-state index in [-0.39, 0.29) is 60.0 Å². The Balaban J connectivity index is -0.0000000250. The minimum absolute atomic E-state index is 0. The largest absolute Gasteiger partial charge is 0.307 e. The minimum Gasteiger partial charge on any atom is -0.307 e. The number of hydrogen-bond donors (Lipinski definition) is 0. The molecule has 0 bridgehead atoms. The summed E-state index contributed by atoms with van der Waals surface area (Å²) in [6, 6.07) is 1.37. The zero-order valence-electron chi connectivity index (χ0n) is 10.4. The van der Waals surface area contributed by atoms with E-state index in [1.54, 1.807) is 0 Å². The molecule has 0 aliphatic carbocycles. The van der Waals surface area contributed by atoms with Crippen molar-refractivity contribution in [1.29, 1.82) is 0 Å². The molecule has 0 aromatic carbocycles. The number of hydrogen-bond acceptors (Lipinski definition) is 2. The average molecular weight is 262 g/mol. The molecule has 0 atom stereocenters. The van der Waals surface area contributed by atoms with Crippen LogP contribution in [0.5, 0.6) is 0 Å². The van der Waals surface area contributed by atoms with Crippen LogP contribution >= 0.6 is 0 Å². The fraction of sp³-hybridized carbons (Fsp3) is 1.00. The van der Waals surface area contributed by atoms with Gasteiger partial charge in [-0.2, -0.15) is 0 Å². The summed E-state index contributed by atoms with van der Waals surface area (Å²) in [6.07, 6.45) is 0. The van der Waals surface area contributed by atoms with Crippen LogP contribution in [0.25, 0.3) is 0 Å². The van der Waals surface area contributed by atoms with Gasteiger partial charge in [-0.15, -0.1) is 0 Å². The minimum atomic E-state index is 0. The van der Waals surface area contributed by atoms with Gasteiger partial charge in [-0.25, -0.2) is 0 Å². The summed E-state index contributed by atoms with van der Waals surface area (Å²) in [5.41, 5.74) is 0. The van der Waals surface area contributed by atoms with E-state index < -0.39 is 0 Å². The first-order valence-corrected chi connectivity index (χ1v) is 4.61. The third-order valence-electron chi connectivity index (χ3n) is 2.07. The van der Waals surface area contributed by atoms with Crippen molar-refractivity contribution < 1.29 is 37.7 Å². The van der Waals surface area contributed by atoms with Crippen molar-refractivity contribution in [3.8, 4) is 0 Å². The monoisotopic (exact) mass is 262 g/mol. The van der Waals surface area contributed by atoms with Crippen LogP contribution in [0.3, 0.4) is 0 Å². The quantitative estimate of drug-likeness (QED) is 0.746. The van der Waals surface area contributed by atoms with Crippen LogP contribution in [-0.4, -0.2) is 50.1 Å². The summed E-state index contributed by atoms with van der Waals surface area (Å²) >= 11 is 0. The molecule has 2 nitrogen and oxygen atoms in total. The molecule has 3 heteroatoms. The van der Waals surface area contributed by atoms with Gasteiger partial charge in [-0.05, 0) is 55.9 Å². The summed E-state index contributed by atoms with van der Waals surface area (Å²) < 4.78 is 0. The van der Waals surface area contributed by atoms with Crippen LogP contribution in [0.15, 0.2) is 0 Å². The summed E-state index contributed by atoms with van der Waals surface area (Å²) in [5, 5.41) is 0. The maximum atomic E-state index is 2.17. The molecule has 0 radical (unpaired) electrons. The zero-order valence-corrected chi connectivity index (χ0v) is 11.1. The summed E-state index contributed by atoms with van der Waals surface area (Å²) in [5.74, 6) is 0. The second-order valence-corrected chi connectivity index (χ2v) is 4.11. The zero-order chi connectivity index (χ0) is 10.3. The Hall–Kier alpha value is 1.18. The van der Waals surface area contributed by atoms with Gasteiger partial charge in [-0.3, -0.25) is 0 Å². The molecule has 0 fully saturated rings. The molecule has 0 unspecified atom stereocenters. The Bertz CT molecular complexity index is 67.9. The number of rotatable bonds is 2. The first-order valence-electron chi connectivity index (χ1n) is 4.61. The van der Waals surface area contributed by atoms with Crippen LogP contribution in [0.1, 0.15) is 50.0 Å². The second-order valence-electron chi connectivity index (χ2n) is 4.11. The smallest absolute Gasteiger partial charge is 0.00324 e. The molecule has 0 saturated heterocycles. The van der Waals surface area contributed by atoms with Crippen LogP contribution < -0.4 is 0 Å². The summed E-state index contributed by atoms with van der Waals surface area (Å²) in [4.78, 5) is 4.33. The first-order chi connectivity index (χ1) is 5.29. The van der Waals surface area contributed by atoms with Gasteiger partial charge in [-0.1, -0.05) is 22.3 Å². The van der Waals surface area contributed by atoms with Gasteiger partial charge in [0.2, 0.25) is 0 Å². The molecular formula is C13H38ArN2. The Morgan fingerprint density at radius 2 is 0.625 bits per heavy atom. The topological polar surface area (TPSA) is 6.48 Å². The average Bonchev–Trinajstić information content (AvgIpc) is 1.88. The van der Waals surface area contributed by atoms with E-state index in [2.05, 4.69) is 65.7 Å².